The molecule has 0 bridgehead atoms. The molecule has 0 fully saturated rings. The first-order chi connectivity index (χ1) is 14.8. The van der Waals surface area contributed by atoms with E-state index in [1.807, 2.05) is 32.2 Å². The molecule has 9 heteroatoms. The number of rotatable bonds is 8. The van der Waals surface area contributed by atoms with Crippen molar-refractivity contribution in [2.24, 2.45) is 0 Å². The molecule has 0 spiro atoms. The van der Waals surface area contributed by atoms with Gasteiger partial charge in [0, 0.05) is 6.54 Å². The lowest BCUT2D eigenvalue weighted by Crippen LogP contribution is -2.25. The van der Waals surface area contributed by atoms with E-state index in [0.29, 0.717) is 44.5 Å². The van der Waals surface area contributed by atoms with E-state index in [1.54, 1.807) is 28.1 Å². The van der Waals surface area contributed by atoms with E-state index in [2.05, 4.69) is 14.9 Å². The van der Waals surface area contributed by atoms with E-state index in [0.717, 1.165) is 5.56 Å². The molecule has 1 atom stereocenters. The first-order valence-electron chi connectivity index (χ1n) is 9.92. The number of ether oxygens (including phenoxy) is 3. The molecule has 166 valence electrons. The molecular formula is C22H27N3O5S. The Labute approximate surface area is 184 Å². The van der Waals surface area contributed by atoms with E-state index in [9.17, 15) is 9.59 Å². The van der Waals surface area contributed by atoms with Crippen LogP contribution in [0.1, 0.15) is 46.5 Å². The number of thiophene rings is 1. The minimum absolute atomic E-state index is 0.168. The van der Waals surface area contributed by atoms with Gasteiger partial charge < -0.3 is 19.2 Å². The lowest BCUT2D eigenvalue weighted by atomic mass is 10.1. The normalized spacial score (nSPS) is 12.2. The lowest BCUT2D eigenvalue weighted by molar-refractivity contribution is 0.0531. The molecule has 0 aliphatic carbocycles. The Kier molecular flexibility index (Phi) is 6.97. The lowest BCUT2D eigenvalue weighted by Gasteiger charge is -2.24. The molecule has 0 aliphatic heterocycles. The molecule has 0 radical (unpaired) electrons. The Morgan fingerprint density at radius 3 is 2.61 bits per heavy atom. The zero-order valence-electron chi connectivity index (χ0n) is 18.6. The van der Waals surface area contributed by atoms with Crippen LogP contribution in [-0.2, 0) is 11.3 Å². The van der Waals surface area contributed by atoms with Crippen LogP contribution in [0.2, 0.25) is 0 Å². The molecule has 8 nitrogen and oxygen atoms in total. The number of nitrogens with one attached hydrogen (secondary N) is 1. The van der Waals surface area contributed by atoms with Gasteiger partial charge in [0.15, 0.2) is 11.5 Å². The van der Waals surface area contributed by atoms with Gasteiger partial charge in [0.25, 0.3) is 5.56 Å². The average Bonchev–Trinajstić information content (AvgIpc) is 3.10. The first-order valence-corrected chi connectivity index (χ1v) is 10.7. The van der Waals surface area contributed by atoms with E-state index in [-0.39, 0.29) is 18.2 Å². The SMILES string of the molecule is CCOC(=O)c1sc2nc(C(C)N(C)Cc3ccc(OC)c(OC)c3)[nH]c(=O)c2c1C. The predicted octanol–water partition coefficient (Wildman–Crippen LogP) is 3.68. The highest BCUT2D eigenvalue weighted by atomic mass is 32.1. The van der Waals surface area contributed by atoms with Crippen LogP contribution in [0.5, 0.6) is 11.5 Å². The van der Waals surface area contributed by atoms with Gasteiger partial charge in [-0.25, -0.2) is 9.78 Å². The summed E-state index contributed by atoms with van der Waals surface area (Å²) in [6.07, 6.45) is 0. The van der Waals surface area contributed by atoms with Crippen LogP contribution in [0.4, 0.5) is 0 Å². The molecule has 3 rings (SSSR count). The predicted molar refractivity (Wildman–Crippen MR) is 120 cm³/mol. The Morgan fingerprint density at radius 1 is 1.26 bits per heavy atom. The van der Waals surface area contributed by atoms with Gasteiger partial charge in [0.1, 0.15) is 15.5 Å². The number of aryl methyl sites for hydroxylation is 1. The zero-order chi connectivity index (χ0) is 22.7. The molecule has 2 aromatic heterocycles. The summed E-state index contributed by atoms with van der Waals surface area (Å²) in [7, 11) is 5.16. The largest absolute Gasteiger partial charge is 0.493 e. The number of hydrogen-bond acceptors (Lipinski definition) is 8. The number of fused-ring (bicyclic) bond motifs is 1. The molecule has 0 saturated carbocycles. The number of benzene rings is 1. The molecule has 31 heavy (non-hydrogen) atoms. The fourth-order valence-electron chi connectivity index (χ4n) is 3.36. The van der Waals surface area contributed by atoms with Crippen molar-refractivity contribution in [1.82, 2.24) is 14.9 Å². The number of H-pyrrole nitrogens is 1. The number of aromatic nitrogens is 2. The monoisotopic (exact) mass is 445 g/mol. The van der Waals surface area contributed by atoms with Crippen molar-refractivity contribution in [2.75, 3.05) is 27.9 Å². The second kappa shape index (κ2) is 9.49. The molecule has 0 amide bonds. The van der Waals surface area contributed by atoms with Crippen LogP contribution in [0.25, 0.3) is 10.2 Å². The molecule has 1 N–H and O–H groups in total. The van der Waals surface area contributed by atoms with Crippen LogP contribution in [0.3, 0.4) is 0 Å². The number of methoxy groups -OCH3 is 2. The van der Waals surface area contributed by atoms with E-state index in [4.69, 9.17) is 14.2 Å². The second-order valence-electron chi connectivity index (χ2n) is 7.19. The third kappa shape index (κ3) is 4.57. The average molecular weight is 446 g/mol. The van der Waals surface area contributed by atoms with Gasteiger partial charge in [-0.2, -0.15) is 0 Å². The molecule has 1 unspecified atom stereocenters. The van der Waals surface area contributed by atoms with E-state index < -0.39 is 5.97 Å². The maximum atomic E-state index is 12.8. The van der Waals surface area contributed by atoms with Gasteiger partial charge in [-0.3, -0.25) is 9.69 Å². The number of hydrogen-bond donors (Lipinski definition) is 1. The number of carbonyl (C=O) groups excluding carboxylic acids is 1. The molecule has 0 saturated heterocycles. The molecular weight excluding hydrogens is 418 g/mol. The zero-order valence-corrected chi connectivity index (χ0v) is 19.4. The Hall–Kier alpha value is -2.91. The van der Waals surface area contributed by atoms with Crippen molar-refractivity contribution < 1.29 is 19.0 Å². The quantitative estimate of drug-likeness (QED) is 0.529. The fraction of sp³-hybridized carbons (Fsp3) is 0.409. The Bertz CT molecular complexity index is 1150. The number of aromatic amines is 1. The Balaban J connectivity index is 1.88. The summed E-state index contributed by atoms with van der Waals surface area (Å²) in [5.41, 5.74) is 1.38. The fourth-order valence-corrected chi connectivity index (χ4v) is 4.45. The third-order valence-electron chi connectivity index (χ3n) is 5.22. The first kappa shape index (κ1) is 22.8. The van der Waals surface area contributed by atoms with Crippen molar-refractivity contribution in [2.45, 2.75) is 33.4 Å². The summed E-state index contributed by atoms with van der Waals surface area (Å²) in [4.78, 5) is 35.5. The van der Waals surface area contributed by atoms with Gasteiger partial charge in [-0.1, -0.05) is 6.07 Å². The van der Waals surface area contributed by atoms with Crippen LogP contribution in [0, 0.1) is 6.92 Å². The molecule has 3 aromatic rings. The maximum Gasteiger partial charge on any atom is 0.348 e. The highest BCUT2D eigenvalue weighted by molar-refractivity contribution is 7.20. The summed E-state index contributed by atoms with van der Waals surface area (Å²) in [6.45, 7) is 6.35. The standard InChI is InChI=1S/C22H27N3O5S/c1-7-30-22(27)18-12(2)17-20(26)23-19(24-21(17)31-18)13(3)25(4)11-14-8-9-15(28-5)16(10-14)29-6/h8-10,13H,7,11H2,1-6H3,(H,23,24,26). The van der Waals surface area contributed by atoms with E-state index >= 15 is 0 Å². The van der Waals surface area contributed by atoms with Crippen molar-refractivity contribution in [3.05, 3.63) is 50.4 Å². The van der Waals surface area contributed by atoms with Gasteiger partial charge in [-0.05, 0) is 51.1 Å². The summed E-state index contributed by atoms with van der Waals surface area (Å²) in [6, 6.07) is 5.59. The van der Waals surface area contributed by atoms with Crippen molar-refractivity contribution in [3.63, 3.8) is 0 Å². The summed E-state index contributed by atoms with van der Waals surface area (Å²) < 4.78 is 15.8. The summed E-state index contributed by atoms with van der Waals surface area (Å²) in [5, 5.41) is 0.437. The van der Waals surface area contributed by atoms with Gasteiger partial charge in [-0.15, -0.1) is 11.3 Å². The van der Waals surface area contributed by atoms with Crippen molar-refractivity contribution in [1.29, 1.82) is 0 Å². The van der Waals surface area contributed by atoms with Gasteiger partial charge in [0.05, 0.1) is 32.3 Å². The second-order valence-corrected chi connectivity index (χ2v) is 8.19. The van der Waals surface area contributed by atoms with E-state index in [1.165, 1.54) is 11.3 Å². The topological polar surface area (TPSA) is 93.8 Å². The molecule has 1 aromatic carbocycles. The van der Waals surface area contributed by atoms with Crippen molar-refractivity contribution >= 4 is 27.5 Å². The number of carbonyl (C=O) groups is 1. The van der Waals surface area contributed by atoms with Gasteiger partial charge in [0.2, 0.25) is 0 Å². The summed E-state index contributed by atoms with van der Waals surface area (Å²) >= 11 is 1.19. The highest BCUT2D eigenvalue weighted by Crippen LogP contribution is 2.30. The minimum Gasteiger partial charge on any atom is -0.493 e. The number of esters is 1. The van der Waals surface area contributed by atoms with Crippen LogP contribution in [-0.4, -0.2) is 48.7 Å². The van der Waals surface area contributed by atoms with Crippen LogP contribution < -0.4 is 15.0 Å². The third-order valence-corrected chi connectivity index (χ3v) is 6.38. The highest BCUT2D eigenvalue weighted by Gasteiger charge is 2.22. The van der Waals surface area contributed by atoms with Crippen LogP contribution in [0.15, 0.2) is 23.0 Å². The molecule has 2 heterocycles. The van der Waals surface area contributed by atoms with Crippen molar-refractivity contribution in [3.8, 4) is 11.5 Å². The smallest absolute Gasteiger partial charge is 0.348 e. The maximum absolute atomic E-state index is 12.8. The van der Waals surface area contributed by atoms with Gasteiger partial charge >= 0.3 is 5.97 Å². The Morgan fingerprint density at radius 2 is 1.97 bits per heavy atom. The summed E-state index contributed by atoms with van der Waals surface area (Å²) in [5.74, 6) is 1.44. The van der Waals surface area contributed by atoms with Crippen LogP contribution >= 0.6 is 11.3 Å². The number of nitrogens with zero attached hydrogens (tertiary/aromatic N) is 2. The molecule has 0 aliphatic rings. The minimum atomic E-state index is -0.428.